The van der Waals surface area contributed by atoms with E-state index in [9.17, 15) is 17.6 Å². The van der Waals surface area contributed by atoms with Gasteiger partial charge in [0, 0.05) is 18.2 Å². The Morgan fingerprint density at radius 2 is 1.65 bits per heavy atom. The fourth-order valence-corrected chi connectivity index (χ4v) is 4.96. The smallest absolute Gasteiger partial charge is 0.261 e. The number of para-hydroxylation sites is 1. The molecule has 0 aliphatic carbocycles. The lowest BCUT2D eigenvalue weighted by Crippen LogP contribution is -2.36. The van der Waals surface area contributed by atoms with Crippen LogP contribution in [0.1, 0.15) is 28.8 Å². The number of carbonyl (C=O) groups excluding carboxylic acids is 1. The molecule has 1 aliphatic heterocycles. The summed E-state index contributed by atoms with van der Waals surface area (Å²) in [5, 5.41) is 0. The van der Waals surface area contributed by atoms with Crippen molar-refractivity contribution in [3.63, 3.8) is 0 Å². The van der Waals surface area contributed by atoms with E-state index < -0.39 is 15.8 Å². The van der Waals surface area contributed by atoms with Crippen molar-refractivity contribution in [1.29, 1.82) is 0 Å². The van der Waals surface area contributed by atoms with Crippen LogP contribution in [0.4, 0.5) is 10.1 Å². The predicted octanol–water partition coefficient (Wildman–Crippen LogP) is 4.47. The molecule has 3 aromatic carbocycles. The Morgan fingerprint density at radius 1 is 0.968 bits per heavy atom. The van der Waals surface area contributed by atoms with Gasteiger partial charge in [-0.1, -0.05) is 42.5 Å². The molecule has 0 bridgehead atoms. The van der Waals surface area contributed by atoms with Crippen molar-refractivity contribution in [3.05, 3.63) is 95.8 Å². The maximum Gasteiger partial charge on any atom is 0.261 e. The molecule has 1 amide bonds. The summed E-state index contributed by atoms with van der Waals surface area (Å²) in [6.45, 7) is 0.686. The second kappa shape index (κ2) is 8.89. The SMILES string of the molecule is O=C(c1ccc(S(=O)(=O)Nc2ccccc2F)cc1)N1CCCC1Cc1ccccc1. The van der Waals surface area contributed by atoms with Crippen molar-refractivity contribution in [1.82, 2.24) is 4.90 Å². The molecular formula is C24H23FN2O3S. The number of anilines is 1. The van der Waals surface area contributed by atoms with Crippen LogP contribution in [0.25, 0.3) is 0 Å². The van der Waals surface area contributed by atoms with Crippen LogP contribution < -0.4 is 4.72 Å². The third kappa shape index (κ3) is 4.77. The van der Waals surface area contributed by atoms with Gasteiger partial charge >= 0.3 is 0 Å². The molecule has 3 aromatic rings. The number of nitrogens with zero attached hydrogens (tertiary/aromatic N) is 1. The van der Waals surface area contributed by atoms with E-state index in [-0.39, 0.29) is 22.5 Å². The lowest BCUT2D eigenvalue weighted by molar-refractivity contribution is 0.0736. The minimum absolute atomic E-state index is 0.0328. The Balaban J connectivity index is 1.48. The first kappa shape index (κ1) is 21.1. The van der Waals surface area contributed by atoms with Crippen LogP contribution in [0.5, 0.6) is 0 Å². The Morgan fingerprint density at radius 3 is 2.35 bits per heavy atom. The van der Waals surface area contributed by atoms with Gasteiger partial charge in [0.25, 0.3) is 15.9 Å². The average molecular weight is 439 g/mol. The lowest BCUT2D eigenvalue weighted by atomic mass is 10.0. The second-order valence-corrected chi connectivity index (χ2v) is 9.28. The van der Waals surface area contributed by atoms with E-state index >= 15 is 0 Å². The summed E-state index contributed by atoms with van der Waals surface area (Å²) in [7, 11) is -3.96. The summed E-state index contributed by atoms with van der Waals surface area (Å²) >= 11 is 0. The van der Waals surface area contributed by atoms with Crippen LogP contribution in [0.15, 0.2) is 83.8 Å². The molecule has 4 rings (SSSR count). The molecule has 1 heterocycles. The zero-order chi connectivity index (χ0) is 21.8. The Labute approximate surface area is 181 Å². The highest BCUT2D eigenvalue weighted by molar-refractivity contribution is 7.92. The topological polar surface area (TPSA) is 66.5 Å². The average Bonchev–Trinajstić information content (AvgIpc) is 3.23. The minimum atomic E-state index is -3.96. The molecule has 0 spiro atoms. The maximum atomic E-state index is 13.8. The molecule has 5 nitrogen and oxygen atoms in total. The van der Waals surface area contributed by atoms with Crippen LogP contribution in [0, 0.1) is 5.82 Å². The van der Waals surface area contributed by atoms with Gasteiger partial charge in [0.2, 0.25) is 0 Å². The van der Waals surface area contributed by atoms with Gasteiger partial charge in [-0.05, 0) is 61.2 Å². The standard InChI is InChI=1S/C24H23FN2O3S/c25-22-10-4-5-11-23(22)26-31(29,30)21-14-12-19(13-15-21)24(28)27-16-6-9-20(27)17-18-7-2-1-3-8-18/h1-5,7-8,10-15,20,26H,6,9,16-17H2. The van der Waals surface area contributed by atoms with Crippen LogP contribution in [-0.2, 0) is 16.4 Å². The van der Waals surface area contributed by atoms with Crippen molar-refractivity contribution in [2.24, 2.45) is 0 Å². The molecule has 0 aromatic heterocycles. The van der Waals surface area contributed by atoms with Crippen molar-refractivity contribution in [3.8, 4) is 0 Å². The van der Waals surface area contributed by atoms with Gasteiger partial charge in [0.15, 0.2) is 0 Å². The summed E-state index contributed by atoms with van der Waals surface area (Å²) in [5.41, 5.74) is 1.50. The Kier molecular flexibility index (Phi) is 6.04. The lowest BCUT2D eigenvalue weighted by Gasteiger charge is -2.25. The highest BCUT2D eigenvalue weighted by Crippen LogP contribution is 2.24. The van der Waals surface area contributed by atoms with Crippen LogP contribution >= 0.6 is 0 Å². The zero-order valence-corrected chi connectivity index (χ0v) is 17.7. The number of halogens is 1. The van der Waals surface area contributed by atoms with Crippen LogP contribution in [0.3, 0.4) is 0 Å². The van der Waals surface area contributed by atoms with E-state index in [1.54, 1.807) is 6.07 Å². The first-order chi connectivity index (χ1) is 14.9. The number of hydrogen-bond acceptors (Lipinski definition) is 3. The predicted molar refractivity (Wildman–Crippen MR) is 118 cm³/mol. The summed E-state index contributed by atoms with van der Waals surface area (Å²) in [4.78, 5) is 14.9. The van der Waals surface area contributed by atoms with E-state index in [4.69, 9.17) is 0 Å². The molecule has 1 aliphatic rings. The molecule has 0 saturated carbocycles. The molecule has 31 heavy (non-hydrogen) atoms. The molecule has 7 heteroatoms. The number of benzene rings is 3. The molecule has 160 valence electrons. The minimum Gasteiger partial charge on any atom is -0.335 e. The van der Waals surface area contributed by atoms with Gasteiger partial charge in [-0.3, -0.25) is 9.52 Å². The molecule has 1 atom stereocenters. The van der Waals surface area contributed by atoms with Crippen LogP contribution in [0.2, 0.25) is 0 Å². The number of rotatable bonds is 6. The Hall–Kier alpha value is -3.19. The first-order valence-electron chi connectivity index (χ1n) is 10.2. The van der Waals surface area contributed by atoms with Crippen molar-refractivity contribution in [2.45, 2.75) is 30.2 Å². The number of hydrogen-bond donors (Lipinski definition) is 1. The fourth-order valence-electron chi connectivity index (χ4n) is 3.89. The quantitative estimate of drug-likeness (QED) is 0.617. The first-order valence-corrected chi connectivity index (χ1v) is 11.6. The third-order valence-electron chi connectivity index (χ3n) is 5.48. The van der Waals surface area contributed by atoms with E-state index in [2.05, 4.69) is 16.9 Å². The maximum absolute atomic E-state index is 13.8. The van der Waals surface area contributed by atoms with E-state index in [1.165, 1.54) is 48.0 Å². The zero-order valence-electron chi connectivity index (χ0n) is 16.9. The fraction of sp³-hybridized carbons (Fsp3) is 0.208. The third-order valence-corrected chi connectivity index (χ3v) is 6.86. The highest BCUT2D eigenvalue weighted by atomic mass is 32.2. The summed E-state index contributed by atoms with van der Waals surface area (Å²) < 4.78 is 41.2. The normalized spacial score (nSPS) is 16.3. The van der Waals surface area contributed by atoms with Crippen molar-refractivity contribution in [2.75, 3.05) is 11.3 Å². The van der Waals surface area contributed by atoms with Gasteiger partial charge in [-0.2, -0.15) is 0 Å². The largest absolute Gasteiger partial charge is 0.335 e. The molecule has 1 fully saturated rings. The van der Waals surface area contributed by atoms with Gasteiger partial charge in [0.05, 0.1) is 10.6 Å². The van der Waals surface area contributed by atoms with Gasteiger partial charge < -0.3 is 4.90 Å². The summed E-state index contributed by atoms with van der Waals surface area (Å²) in [5.74, 6) is -0.763. The molecule has 1 saturated heterocycles. The number of nitrogens with one attached hydrogen (secondary N) is 1. The number of carbonyl (C=O) groups is 1. The molecule has 1 unspecified atom stereocenters. The van der Waals surface area contributed by atoms with Gasteiger partial charge in [0.1, 0.15) is 5.82 Å². The van der Waals surface area contributed by atoms with Gasteiger partial charge in [-0.15, -0.1) is 0 Å². The second-order valence-electron chi connectivity index (χ2n) is 7.59. The van der Waals surface area contributed by atoms with E-state index in [0.29, 0.717) is 12.1 Å². The Bertz CT molecular complexity index is 1160. The molecular weight excluding hydrogens is 415 g/mol. The number of likely N-dealkylation sites (tertiary alicyclic amines) is 1. The summed E-state index contributed by atoms with van der Waals surface area (Å²) in [6.07, 6.45) is 2.69. The number of sulfonamides is 1. The summed E-state index contributed by atoms with van der Waals surface area (Å²) in [6, 6.07) is 21.5. The van der Waals surface area contributed by atoms with Crippen molar-refractivity contribution < 1.29 is 17.6 Å². The molecule has 0 radical (unpaired) electrons. The van der Waals surface area contributed by atoms with Crippen molar-refractivity contribution >= 4 is 21.6 Å². The van der Waals surface area contributed by atoms with Gasteiger partial charge in [-0.25, -0.2) is 12.8 Å². The number of amides is 1. The van der Waals surface area contributed by atoms with E-state index in [0.717, 1.165) is 19.3 Å². The van der Waals surface area contributed by atoms with E-state index in [1.807, 2.05) is 23.1 Å². The van der Waals surface area contributed by atoms with Crippen LogP contribution in [-0.4, -0.2) is 31.8 Å². The highest BCUT2D eigenvalue weighted by Gasteiger charge is 2.29. The monoisotopic (exact) mass is 438 g/mol. The molecule has 1 N–H and O–H groups in total.